The summed E-state index contributed by atoms with van der Waals surface area (Å²) in [5.74, 6) is 0.406. The molecule has 0 spiro atoms. The van der Waals surface area contributed by atoms with Crippen LogP contribution in [0.4, 0.5) is 5.82 Å². The number of hydrogen-bond acceptors (Lipinski definition) is 6. The molecule has 0 saturated heterocycles. The molecule has 3 aromatic rings. The first-order valence-corrected chi connectivity index (χ1v) is 12.3. The average molecular weight is 480 g/mol. The zero-order valence-electron chi connectivity index (χ0n) is 19.3. The maximum Gasteiger partial charge on any atom is 0.243 e. The van der Waals surface area contributed by atoms with Crippen molar-refractivity contribution in [1.82, 2.24) is 30.0 Å². The quantitative estimate of drug-likeness (QED) is 0.497. The summed E-state index contributed by atoms with van der Waals surface area (Å²) in [7, 11) is 2.11. The molecule has 34 heavy (non-hydrogen) atoms. The molecule has 2 saturated carbocycles. The predicted octanol–water partition coefficient (Wildman–Crippen LogP) is 3.98. The molecule has 2 aliphatic rings. The normalized spacial score (nSPS) is 20.9. The van der Waals surface area contributed by atoms with Gasteiger partial charge in [0.1, 0.15) is 17.8 Å². The fourth-order valence-electron chi connectivity index (χ4n) is 4.76. The molecule has 0 bridgehead atoms. The Hall–Kier alpha value is -2.97. The van der Waals surface area contributed by atoms with Gasteiger partial charge in [0, 0.05) is 35.3 Å². The van der Waals surface area contributed by atoms with Crippen LogP contribution >= 0.6 is 11.6 Å². The number of hydrogen-bond donors (Lipinski definition) is 2. The summed E-state index contributed by atoms with van der Waals surface area (Å²) in [6.07, 6.45) is 11.2. The Bertz CT molecular complexity index is 1190. The lowest BCUT2D eigenvalue weighted by atomic mass is 9.91. The second kappa shape index (κ2) is 9.72. The summed E-state index contributed by atoms with van der Waals surface area (Å²) in [6.45, 7) is 0.818. The highest BCUT2D eigenvalue weighted by Gasteiger charge is 2.28. The van der Waals surface area contributed by atoms with E-state index in [4.69, 9.17) is 22.4 Å². The first-order valence-electron chi connectivity index (χ1n) is 11.9. The number of aromatic nitrogens is 4. The van der Waals surface area contributed by atoms with Gasteiger partial charge in [-0.05, 0) is 57.7 Å². The van der Waals surface area contributed by atoms with Crippen LogP contribution < -0.4 is 11.1 Å². The number of amides is 1. The third-order valence-electron chi connectivity index (χ3n) is 6.86. The van der Waals surface area contributed by atoms with E-state index in [1.807, 2.05) is 35.0 Å². The van der Waals surface area contributed by atoms with Crippen LogP contribution in [-0.4, -0.2) is 56.2 Å². The maximum atomic E-state index is 12.4. The molecular weight excluding hydrogens is 450 g/mol. The van der Waals surface area contributed by atoms with E-state index in [2.05, 4.69) is 27.2 Å². The lowest BCUT2D eigenvalue weighted by Crippen LogP contribution is -2.37. The smallest absolute Gasteiger partial charge is 0.243 e. The predicted molar refractivity (Wildman–Crippen MR) is 134 cm³/mol. The molecule has 0 unspecified atom stereocenters. The van der Waals surface area contributed by atoms with Crippen molar-refractivity contribution in [3.63, 3.8) is 0 Å². The lowest BCUT2D eigenvalue weighted by molar-refractivity contribution is -0.117. The topological polar surface area (TPSA) is 102 Å². The number of benzene rings is 1. The van der Waals surface area contributed by atoms with Crippen molar-refractivity contribution in [1.29, 1.82) is 0 Å². The Morgan fingerprint density at radius 3 is 2.62 bits per heavy atom. The van der Waals surface area contributed by atoms with E-state index in [1.54, 1.807) is 6.08 Å². The van der Waals surface area contributed by atoms with Crippen molar-refractivity contribution in [3.05, 3.63) is 47.8 Å². The van der Waals surface area contributed by atoms with E-state index in [0.717, 1.165) is 54.5 Å². The summed E-state index contributed by atoms with van der Waals surface area (Å²) in [4.78, 5) is 23.3. The molecule has 3 N–H and O–H groups in total. The third kappa shape index (κ3) is 4.93. The number of halogens is 1. The molecule has 2 fully saturated rings. The number of anilines is 1. The minimum absolute atomic E-state index is 0.0114. The Morgan fingerprint density at radius 1 is 1.18 bits per heavy atom. The molecule has 2 aromatic heterocycles. The van der Waals surface area contributed by atoms with Crippen molar-refractivity contribution >= 4 is 34.4 Å². The zero-order chi connectivity index (χ0) is 23.7. The van der Waals surface area contributed by atoms with E-state index in [-0.39, 0.29) is 18.0 Å². The van der Waals surface area contributed by atoms with Gasteiger partial charge in [0.05, 0.1) is 11.4 Å². The van der Waals surface area contributed by atoms with E-state index in [1.165, 1.54) is 19.2 Å². The fraction of sp³-hybridized carbons (Fsp3) is 0.440. The molecule has 0 aliphatic heterocycles. The van der Waals surface area contributed by atoms with E-state index in [9.17, 15) is 4.79 Å². The van der Waals surface area contributed by atoms with Gasteiger partial charge < -0.3 is 11.1 Å². The molecule has 178 valence electrons. The Labute approximate surface area is 204 Å². The molecular formula is C25H30ClN7O. The molecule has 1 amide bonds. The number of likely N-dealkylation sites (N-methyl/N-ethyl adjacent to an activating group) is 1. The van der Waals surface area contributed by atoms with Crippen LogP contribution in [-0.2, 0) is 4.79 Å². The second-order valence-electron chi connectivity index (χ2n) is 9.34. The zero-order valence-corrected chi connectivity index (χ0v) is 20.1. The van der Waals surface area contributed by atoms with Gasteiger partial charge in [0.15, 0.2) is 5.65 Å². The van der Waals surface area contributed by atoms with Gasteiger partial charge in [-0.1, -0.05) is 29.8 Å². The first kappa shape index (κ1) is 22.8. The van der Waals surface area contributed by atoms with Crippen LogP contribution in [0.2, 0.25) is 5.02 Å². The SMILES string of the molecule is CN(C/C=C/C(=O)NC1CCC(n2nc(-c3ccc(Cl)cc3)c3c(N)ncnc32)CC1)C1CC1. The van der Waals surface area contributed by atoms with Crippen LogP contribution in [0.25, 0.3) is 22.3 Å². The number of nitrogens with one attached hydrogen (secondary N) is 1. The molecule has 0 radical (unpaired) electrons. The molecule has 5 rings (SSSR count). The molecule has 9 heteroatoms. The van der Waals surface area contributed by atoms with Crippen molar-refractivity contribution in [2.45, 2.75) is 56.7 Å². The van der Waals surface area contributed by atoms with Gasteiger partial charge in [0.25, 0.3) is 0 Å². The summed E-state index contributed by atoms with van der Waals surface area (Å²) < 4.78 is 1.99. The van der Waals surface area contributed by atoms with Gasteiger partial charge in [-0.15, -0.1) is 0 Å². The van der Waals surface area contributed by atoms with E-state index >= 15 is 0 Å². The van der Waals surface area contributed by atoms with E-state index in [0.29, 0.717) is 16.9 Å². The monoisotopic (exact) mass is 479 g/mol. The Balaban J connectivity index is 1.26. The highest BCUT2D eigenvalue weighted by atomic mass is 35.5. The van der Waals surface area contributed by atoms with Gasteiger partial charge in [-0.2, -0.15) is 5.10 Å². The van der Waals surface area contributed by atoms with Crippen LogP contribution in [0.1, 0.15) is 44.6 Å². The Morgan fingerprint density at radius 2 is 1.91 bits per heavy atom. The second-order valence-corrected chi connectivity index (χ2v) is 9.78. The standard InChI is InChI=1S/C25H30ClN7O/c1-32(19-12-13-19)14-2-3-21(34)30-18-8-10-20(11-9-18)33-25-22(24(27)28-15-29-25)23(31-33)16-4-6-17(26)7-5-16/h2-7,15,18-20H,8-14H2,1H3,(H,30,34)(H2,27,28,29)/b3-2+. The van der Waals surface area contributed by atoms with Crippen LogP contribution in [0.5, 0.6) is 0 Å². The fourth-order valence-corrected chi connectivity index (χ4v) is 4.89. The highest BCUT2D eigenvalue weighted by Crippen LogP contribution is 2.36. The van der Waals surface area contributed by atoms with Crippen LogP contribution in [0.3, 0.4) is 0 Å². The lowest BCUT2D eigenvalue weighted by Gasteiger charge is -2.29. The molecule has 8 nitrogen and oxygen atoms in total. The van der Waals surface area contributed by atoms with Gasteiger partial charge in [0.2, 0.25) is 5.91 Å². The molecule has 2 heterocycles. The summed E-state index contributed by atoms with van der Waals surface area (Å²) in [5, 5.41) is 9.52. The van der Waals surface area contributed by atoms with Gasteiger partial charge >= 0.3 is 0 Å². The molecule has 0 atom stereocenters. The van der Waals surface area contributed by atoms with Crippen molar-refractivity contribution in [2.75, 3.05) is 19.3 Å². The van der Waals surface area contributed by atoms with Crippen LogP contribution in [0, 0.1) is 0 Å². The summed E-state index contributed by atoms with van der Waals surface area (Å²) in [5.41, 5.74) is 8.67. The van der Waals surface area contributed by atoms with Gasteiger partial charge in [-0.25, -0.2) is 14.6 Å². The number of carbonyl (C=O) groups excluding carboxylic acids is 1. The summed E-state index contributed by atoms with van der Waals surface area (Å²) in [6, 6.07) is 8.61. The molecule has 2 aliphatic carbocycles. The van der Waals surface area contributed by atoms with Crippen molar-refractivity contribution in [2.24, 2.45) is 0 Å². The average Bonchev–Trinajstić information content (AvgIpc) is 3.61. The largest absolute Gasteiger partial charge is 0.383 e. The molecule has 1 aromatic carbocycles. The van der Waals surface area contributed by atoms with E-state index < -0.39 is 0 Å². The number of rotatable bonds is 7. The minimum atomic E-state index is -0.0114. The number of fused-ring (bicyclic) bond motifs is 1. The highest BCUT2D eigenvalue weighted by molar-refractivity contribution is 6.30. The maximum absolute atomic E-state index is 12.4. The van der Waals surface area contributed by atoms with Crippen LogP contribution in [0.15, 0.2) is 42.7 Å². The third-order valence-corrected chi connectivity index (χ3v) is 7.11. The van der Waals surface area contributed by atoms with Gasteiger partial charge in [-0.3, -0.25) is 9.69 Å². The number of nitrogen functional groups attached to an aromatic ring is 1. The van der Waals surface area contributed by atoms with Crippen molar-refractivity contribution in [3.8, 4) is 11.3 Å². The number of carbonyl (C=O) groups is 1. The summed E-state index contributed by atoms with van der Waals surface area (Å²) >= 11 is 6.07. The first-order chi connectivity index (χ1) is 16.5. The Kier molecular flexibility index (Phi) is 6.52. The number of nitrogens with zero attached hydrogens (tertiary/aromatic N) is 5. The minimum Gasteiger partial charge on any atom is -0.383 e. The van der Waals surface area contributed by atoms with Crippen molar-refractivity contribution < 1.29 is 4.79 Å². The number of nitrogens with two attached hydrogens (primary N) is 1.